The monoisotopic (exact) mass is 344 g/mol. The Morgan fingerprint density at radius 1 is 1.40 bits per heavy atom. The Balaban J connectivity index is 1.68. The third kappa shape index (κ3) is 3.61. The van der Waals surface area contributed by atoms with E-state index in [1.807, 2.05) is 45.6 Å². The van der Waals surface area contributed by atoms with Crippen LogP contribution < -0.4 is 5.32 Å². The van der Waals surface area contributed by atoms with E-state index in [-0.39, 0.29) is 11.9 Å². The van der Waals surface area contributed by atoms with Gasteiger partial charge in [0.25, 0.3) is 0 Å². The lowest BCUT2D eigenvalue weighted by Crippen LogP contribution is -2.46. The summed E-state index contributed by atoms with van der Waals surface area (Å²) in [4.78, 5) is 15.1. The van der Waals surface area contributed by atoms with E-state index in [0.29, 0.717) is 6.04 Å². The van der Waals surface area contributed by atoms with Crippen LogP contribution in [0.2, 0.25) is 0 Å². The molecule has 0 spiro atoms. The van der Waals surface area contributed by atoms with Crippen LogP contribution in [0.1, 0.15) is 36.7 Å². The van der Waals surface area contributed by atoms with Gasteiger partial charge in [0.05, 0.1) is 35.9 Å². The molecule has 0 radical (unpaired) electrons. The van der Waals surface area contributed by atoms with E-state index in [9.17, 15) is 4.79 Å². The predicted molar refractivity (Wildman–Crippen MR) is 97.5 cm³/mol. The van der Waals surface area contributed by atoms with Crippen molar-refractivity contribution in [1.82, 2.24) is 24.5 Å². The maximum atomic E-state index is 12.8. The molecule has 0 saturated carbocycles. The summed E-state index contributed by atoms with van der Waals surface area (Å²) in [5, 5.41) is 11.8. The van der Waals surface area contributed by atoms with Crippen LogP contribution in [-0.4, -0.2) is 49.0 Å². The molecule has 1 fully saturated rings. The summed E-state index contributed by atoms with van der Waals surface area (Å²) >= 11 is 0. The summed E-state index contributed by atoms with van der Waals surface area (Å²) in [7, 11) is 1.89. The van der Waals surface area contributed by atoms with Gasteiger partial charge in [-0.25, -0.2) is 0 Å². The molecule has 7 nitrogen and oxygen atoms in total. The van der Waals surface area contributed by atoms with E-state index >= 15 is 0 Å². The van der Waals surface area contributed by atoms with Gasteiger partial charge in [0.15, 0.2) is 0 Å². The predicted octanol–water partition coefficient (Wildman–Crippen LogP) is 2.03. The van der Waals surface area contributed by atoms with Crippen LogP contribution in [0, 0.1) is 20.8 Å². The zero-order valence-electron chi connectivity index (χ0n) is 15.8. The number of anilines is 1. The Labute approximate surface area is 149 Å². The van der Waals surface area contributed by atoms with Crippen LogP contribution in [0.3, 0.4) is 0 Å². The highest BCUT2D eigenvalue weighted by molar-refractivity contribution is 5.95. The average Bonchev–Trinajstić information content (AvgIpc) is 3.24. The number of rotatable bonds is 5. The first-order valence-electron chi connectivity index (χ1n) is 8.92. The third-order valence-electron chi connectivity index (χ3n) is 5.22. The highest BCUT2D eigenvalue weighted by Crippen LogP contribution is 2.24. The summed E-state index contributed by atoms with van der Waals surface area (Å²) in [5.41, 5.74) is 3.82. The molecule has 1 saturated heterocycles. The quantitative estimate of drug-likeness (QED) is 0.901. The van der Waals surface area contributed by atoms with Crippen molar-refractivity contribution < 1.29 is 4.79 Å². The number of aromatic nitrogens is 4. The van der Waals surface area contributed by atoms with Gasteiger partial charge in [-0.05, 0) is 52.6 Å². The van der Waals surface area contributed by atoms with Crippen LogP contribution in [0.15, 0.2) is 12.4 Å². The molecule has 1 N–H and O–H groups in total. The summed E-state index contributed by atoms with van der Waals surface area (Å²) in [6.07, 6.45) is 6.15. The van der Waals surface area contributed by atoms with Crippen molar-refractivity contribution in [2.45, 2.75) is 59.2 Å². The molecule has 3 rings (SSSR count). The van der Waals surface area contributed by atoms with Crippen LogP contribution in [0.5, 0.6) is 0 Å². The van der Waals surface area contributed by atoms with Gasteiger partial charge in [-0.1, -0.05) is 0 Å². The van der Waals surface area contributed by atoms with Gasteiger partial charge >= 0.3 is 0 Å². The number of amides is 1. The first-order valence-corrected chi connectivity index (χ1v) is 8.92. The van der Waals surface area contributed by atoms with Crippen molar-refractivity contribution in [2.24, 2.45) is 7.05 Å². The van der Waals surface area contributed by atoms with Gasteiger partial charge in [-0.2, -0.15) is 10.2 Å². The Morgan fingerprint density at radius 2 is 2.16 bits per heavy atom. The molecule has 2 atom stereocenters. The van der Waals surface area contributed by atoms with E-state index in [4.69, 9.17) is 0 Å². The lowest BCUT2D eigenvalue weighted by Gasteiger charge is -2.29. The molecule has 0 aromatic carbocycles. The Kier molecular flexibility index (Phi) is 4.94. The fourth-order valence-corrected chi connectivity index (χ4v) is 3.68. The highest BCUT2D eigenvalue weighted by Gasteiger charge is 2.32. The Bertz CT molecular complexity index is 762. The number of likely N-dealkylation sites (tertiary alicyclic amines) is 1. The smallest absolute Gasteiger partial charge is 0.241 e. The molecule has 2 aromatic rings. The van der Waals surface area contributed by atoms with Crippen LogP contribution in [0.25, 0.3) is 0 Å². The van der Waals surface area contributed by atoms with Gasteiger partial charge in [-0.3, -0.25) is 19.1 Å². The largest absolute Gasteiger partial charge is 0.322 e. The van der Waals surface area contributed by atoms with Gasteiger partial charge < -0.3 is 5.32 Å². The summed E-state index contributed by atoms with van der Waals surface area (Å²) in [6, 6.07) is 0.166. The summed E-state index contributed by atoms with van der Waals surface area (Å²) in [5.74, 6) is 0.0303. The SMILES string of the molecule is Cc1cnn(C[C@@H]2CCCN2[C@H](C)C(=O)Nc2c(C)nn(C)c2C)c1. The van der Waals surface area contributed by atoms with E-state index in [2.05, 4.69) is 26.6 Å². The van der Waals surface area contributed by atoms with E-state index in [0.717, 1.165) is 48.6 Å². The topological polar surface area (TPSA) is 68.0 Å². The number of carbonyl (C=O) groups excluding carboxylic acids is 1. The Hall–Kier alpha value is -2.15. The zero-order valence-corrected chi connectivity index (χ0v) is 15.8. The minimum Gasteiger partial charge on any atom is -0.322 e. The lowest BCUT2D eigenvalue weighted by atomic mass is 10.1. The van der Waals surface area contributed by atoms with Crippen molar-refractivity contribution in [1.29, 1.82) is 0 Å². The lowest BCUT2D eigenvalue weighted by molar-refractivity contribution is -0.121. The standard InChI is InChI=1S/C18H28N6O/c1-12-9-19-23(10-12)11-16-7-6-8-24(16)15(4)18(25)20-17-13(2)21-22(5)14(17)3/h9-10,15-16H,6-8,11H2,1-5H3,(H,20,25)/t15-,16+/m1/s1. The Morgan fingerprint density at radius 3 is 2.76 bits per heavy atom. The average molecular weight is 344 g/mol. The molecular formula is C18H28N6O. The normalized spacial score (nSPS) is 19.3. The van der Waals surface area contributed by atoms with Crippen LogP contribution in [0.4, 0.5) is 5.69 Å². The number of nitrogens with zero attached hydrogens (tertiary/aromatic N) is 5. The number of hydrogen-bond donors (Lipinski definition) is 1. The first-order chi connectivity index (χ1) is 11.9. The van der Waals surface area contributed by atoms with Gasteiger partial charge in [-0.15, -0.1) is 0 Å². The van der Waals surface area contributed by atoms with Crippen molar-refractivity contribution in [2.75, 3.05) is 11.9 Å². The summed E-state index contributed by atoms with van der Waals surface area (Å²) < 4.78 is 3.78. The van der Waals surface area contributed by atoms with Crippen molar-refractivity contribution in [3.63, 3.8) is 0 Å². The fourth-order valence-electron chi connectivity index (χ4n) is 3.68. The molecule has 1 amide bonds. The van der Waals surface area contributed by atoms with Crippen LogP contribution >= 0.6 is 0 Å². The number of carbonyl (C=O) groups is 1. The fraction of sp³-hybridized carbons (Fsp3) is 0.611. The van der Waals surface area contributed by atoms with Crippen molar-refractivity contribution in [3.05, 3.63) is 29.3 Å². The van der Waals surface area contributed by atoms with E-state index < -0.39 is 0 Å². The highest BCUT2D eigenvalue weighted by atomic mass is 16.2. The van der Waals surface area contributed by atoms with Crippen LogP contribution in [-0.2, 0) is 18.4 Å². The van der Waals surface area contributed by atoms with Gasteiger partial charge in [0, 0.05) is 19.3 Å². The zero-order chi connectivity index (χ0) is 18.1. The molecule has 0 aliphatic carbocycles. The minimum atomic E-state index is -0.178. The molecule has 3 heterocycles. The van der Waals surface area contributed by atoms with Crippen molar-refractivity contribution in [3.8, 4) is 0 Å². The third-order valence-corrected chi connectivity index (χ3v) is 5.22. The second kappa shape index (κ2) is 7.00. The molecule has 136 valence electrons. The van der Waals surface area contributed by atoms with Gasteiger partial charge in [0.1, 0.15) is 0 Å². The number of aryl methyl sites for hydroxylation is 3. The second-order valence-corrected chi connectivity index (χ2v) is 7.11. The minimum absolute atomic E-state index is 0.0303. The number of nitrogens with one attached hydrogen (secondary N) is 1. The molecule has 1 aliphatic heterocycles. The molecule has 0 unspecified atom stereocenters. The van der Waals surface area contributed by atoms with E-state index in [1.165, 1.54) is 0 Å². The summed E-state index contributed by atoms with van der Waals surface area (Å²) in [6.45, 7) is 9.71. The molecule has 7 heteroatoms. The number of hydrogen-bond acceptors (Lipinski definition) is 4. The maximum absolute atomic E-state index is 12.8. The molecule has 2 aromatic heterocycles. The molecule has 25 heavy (non-hydrogen) atoms. The molecular weight excluding hydrogens is 316 g/mol. The molecule has 0 bridgehead atoms. The maximum Gasteiger partial charge on any atom is 0.241 e. The first kappa shape index (κ1) is 17.7. The van der Waals surface area contributed by atoms with E-state index in [1.54, 1.807) is 4.68 Å². The second-order valence-electron chi connectivity index (χ2n) is 7.11. The molecule has 1 aliphatic rings. The van der Waals surface area contributed by atoms with Crippen molar-refractivity contribution >= 4 is 11.6 Å². The van der Waals surface area contributed by atoms with Gasteiger partial charge in [0.2, 0.25) is 5.91 Å².